The van der Waals surface area contributed by atoms with Crippen LogP contribution in [-0.2, 0) is 0 Å². The number of nitrogen functional groups attached to an aromatic ring is 1. The Hall–Kier alpha value is -1.07. The van der Waals surface area contributed by atoms with Crippen molar-refractivity contribution < 1.29 is 5.11 Å². The number of aliphatic hydroxyl groups is 1. The van der Waals surface area contributed by atoms with Gasteiger partial charge < -0.3 is 16.2 Å². The van der Waals surface area contributed by atoms with E-state index in [4.69, 9.17) is 17.3 Å². The fourth-order valence-corrected chi connectivity index (χ4v) is 2.61. The molecule has 0 saturated heterocycles. The van der Waals surface area contributed by atoms with Gasteiger partial charge in [-0.25, -0.2) is 4.98 Å². The minimum Gasteiger partial charge on any atom is -0.396 e. The molecule has 0 aliphatic heterocycles. The molecule has 1 saturated carbocycles. The highest BCUT2D eigenvalue weighted by atomic mass is 35.5. The van der Waals surface area contributed by atoms with E-state index in [9.17, 15) is 5.11 Å². The normalized spacial score (nSPS) is 18.6. The summed E-state index contributed by atoms with van der Waals surface area (Å²) in [6.07, 6.45) is 7.16. The van der Waals surface area contributed by atoms with Crippen molar-refractivity contribution in [2.75, 3.05) is 24.2 Å². The maximum atomic E-state index is 9.61. The summed E-state index contributed by atoms with van der Waals surface area (Å²) in [6.45, 7) is 0.861. The van der Waals surface area contributed by atoms with Crippen molar-refractivity contribution in [3.05, 3.63) is 11.5 Å². The van der Waals surface area contributed by atoms with Gasteiger partial charge in [-0.2, -0.15) is 4.98 Å². The van der Waals surface area contributed by atoms with E-state index < -0.39 is 0 Å². The molecule has 2 rings (SSSR count). The highest BCUT2D eigenvalue weighted by molar-refractivity contribution is 6.28. The van der Waals surface area contributed by atoms with Crippen LogP contribution in [0.2, 0.25) is 5.28 Å². The molecule has 0 radical (unpaired) electrons. The first-order valence-corrected chi connectivity index (χ1v) is 6.66. The number of aliphatic hydroxyl groups excluding tert-OH is 1. The van der Waals surface area contributed by atoms with E-state index in [1.165, 1.54) is 25.5 Å². The van der Waals surface area contributed by atoms with Crippen molar-refractivity contribution in [3.8, 4) is 0 Å². The van der Waals surface area contributed by atoms with Gasteiger partial charge in [0.1, 0.15) is 0 Å². The van der Waals surface area contributed by atoms with Gasteiger partial charge in [-0.05, 0) is 24.4 Å². The van der Waals surface area contributed by atoms with Gasteiger partial charge in [0, 0.05) is 12.0 Å². The lowest BCUT2D eigenvalue weighted by atomic mass is 9.74. The predicted molar refractivity (Wildman–Crippen MR) is 72.5 cm³/mol. The minimum atomic E-state index is -0.0535. The van der Waals surface area contributed by atoms with Gasteiger partial charge in [-0.3, -0.25) is 0 Å². The summed E-state index contributed by atoms with van der Waals surface area (Å²) >= 11 is 5.74. The van der Waals surface area contributed by atoms with Crippen LogP contribution in [-0.4, -0.2) is 28.2 Å². The number of rotatable bonds is 4. The molecule has 18 heavy (non-hydrogen) atoms. The fraction of sp³-hybridized carbons (Fsp3) is 0.667. The summed E-state index contributed by atoms with van der Waals surface area (Å²) < 4.78 is 0. The Morgan fingerprint density at radius 3 is 2.78 bits per heavy atom. The molecule has 5 nitrogen and oxygen atoms in total. The second-order valence-electron chi connectivity index (χ2n) is 5.02. The van der Waals surface area contributed by atoms with Gasteiger partial charge in [-0.15, -0.1) is 0 Å². The van der Waals surface area contributed by atoms with Crippen molar-refractivity contribution in [3.63, 3.8) is 0 Å². The van der Waals surface area contributed by atoms with Crippen LogP contribution >= 0.6 is 11.6 Å². The Bertz CT molecular complexity index is 407. The fourth-order valence-electron chi connectivity index (χ4n) is 2.48. The van der Waals surface area contributed by atoms with E-state index in [1.54, 1.807) is 0 Å². The SMILES string of the molecule is Nc1cnc(Cl)nc1NCC1(CO)CCCCC1. The van der Waals surface area contributed by atoms with E-state index in [0.717, 1.165) is 12.8 Å². The molecule has 0 unspecified atom stereocenters. The van der Waals surface area contributed by atoms with Crippen molar-refractivity contribution in [2.45, 2.75) is 32.1 Å². The van der Waals surface area contributed by atoms with Crippen LogP contribution in [0.1, 0.15) is 32.1 Å². The van der Waals surface area contributed by atoms with Crippen LogP contribution < -0.4 is 11.1 Å². The lowest BCUT2D eigenvalue weighted by molar-refractivity contribution is 0.0943. The second kappa shape index (κ2) is 5.71. The van der Waals surface area contributed by atoms with E-state index >= 15 is 0 Å². The molecule has 0 atom stereocenters. The Labute approximate surface area is 112 Å². The number of nitrogens with zero attached hydrogens (tertiary/aromatic N) is 2. The lowest BCUT2D eigenvalue weighted by Crippen LogP contribution is -2.35. The molecular weight excluding hydrogens is 252 g/mol. The zero-order chi connectivity index (χ0) is 13.0. The largest absolute Gasteiger partial charge is 0.396 e. The molecule has 1 aliphatic rings. The number of halogens is 1. The molecule has 100 valence electrons. The third-order valence-electron chi connectivity index (χ3n) is 3.67. The molecule has 0 bridgehead atoms. The summed E-state index contributed by atoms with van der Waals surface area (Å²) in [4.78, 5) is 7.87. The molecular formula is C12H19ClN4O. The third kappa shape index (κ3) is 3.03. The molecule has 0 spiro atoms. The van der Waals surface area contributed by atoms with Crippen LogP contribution in [0.5, 0.6) is 0 Å². The first-order chi connectivity index (χ1) is 8.65. The molecule has 6 heteroatoms. The molecule has 1 fully saturated rings. The van der Waals surface area contributed by atoms with Crippen molar-refractivity contribution >= 4 is 23.1 Å². The van der Waals surface area contributed by atoms with Gasteiger partial charge >= 0.3 is 0 Å². The Kier molecular flexibility index (Phi) is 4.24. The number of anilines is 2. The zero-order valence-corrected chi connectivity index (χ0v) is 11.1. The van der Waals surface area contributed by atoms with Crippen LogP contribution in [0, 0.1) is 5.41 Å². The van der Waals surface area contributed by atoms with E-state index in [1.807, 2.05) is 0 Å². The first-order valence-electron chi connectivity index (χ1n) is 6.28. The molecule has 1 aromatic heterocycles. The van der Waals surface area contributed by atoms with E-state index in [2.05, 4.69) is 15.3 Å². The molecule has 4 N–H and O–H groups in total. The summed E-state index contributed by atoms with van der Waals surface area (Å²) in [5.74, 6) is 0.549. The topological polar surface area (TPSA) is 84.1 Å². The van der Waals surface area contributed by atoms with Crippen molar-refractivity contribution in [1.29, 1.82) is 0 Å². The van der Waals surface area contributed by atoms with Crippen molar-refractivity contribution in [1.82, 2.24) is 9.97 Å². The molecule has 0 aromatic carbocycles. The first kappa shape index (κ1) is 13.4. The van der Waals surface area contributed by atoms with Crippen LogP contribution in [0.25, 0.3) is 0 Å². The van der Waals surface area contributed by atoms with Crippen LogP contribution in [0.4, 0.5) is 11.5 Å². The monoisotopic (exact) mass is 270 g/mol. The summed E-state index contributed by atoms with van der Waals surface area (Å²) in [7, 11) is 0. The molecule has 1 heterocycles. The highest BCUT2D eigenvalue weighted by Gasteiger charge is 2.31. The number of nitrogens with two attached hydrogens (primary N) is 1. The number of hydrogen-bond acceptors (Lipinski definition) is 5. The van der Waals surface area contributed by atoms with E-state index in [0.29, 0.717) is 18.1 Å². The average Bonchev–Trinajstić information content (AvgIpc) is 2.41. The van der Waals surface area contributed by atoms with Crippen LogP contribution in [0.3, 0.4) is 0 Å². The van der Waals surface area contributed by atoms with Gasteiger partial charge in [0.25, 0.3) is 0 Å². The summed E-state index contributed by atoms with van der Waals surface area (Å²) in [5, 5.41) is 13.0. The number of hydrogen-bond donors (Lipinski definition) is 3. The highest BCUT2D eigenvalue weighted by Crippen LogP contribution is 2.36. The summed E-state index contributed by atoms with van der Waals surface area (Å²) in [6, 6.07) is 0. The average molecular weight is 271 g/mol. The number of nitrogens with one attached hydrogen (secondary N) is 1. The van der Waals surface area contributed by atoms with Gasteiger partial charge in [0.15, 0.2) is 5.82 Å². The maximum absolute atomic E-state index is 9.61. The minimum absolute atomic E-state index is 0.0535. The Morgan fingerprint density at radius 2 is 2.11 bits per heavy atom. The quantitative estimate of drug-likeness (QED) is 0.730. The summed E-state index contributed by atoms with van der Waals surface area (Å²) in [5.41, 5.74) is 6.20. The molecule has 0 amide bonds. The Balaban J connectivity index is 2.03. The van der Waals surface area contributed by atoms with E-state index in [-0.39, 0.29) is 17.3 Å². The maximum Gasteiger partial charge on any atom is 0.224 e. The molecule has 1 aliphatic carbocycles. The van der Waals surface area contributed by atoms with Crippen molar-refractivity contribution in [2.24, 2.45) is 5.41 Å². The van der Waals surface area contributed by atoms with Gasteiger partial charge in [0.05, 0.1) is 18.5 Å². The van der Waals surface area contributed by atoms with Crippen LogP contribution in [0.15, 0.2) is 6.20 Å². The second-order valence-corrected chi connectivity index (χ2v) is 5.35. The lowest BCUT2D eigenvalue weighted by Gasteiger charge is -2.35. The standard InChI is InChI=1S/C12H19ClN4O/c13-11-15-6-9(14)10(17-11)16-7-12(8-18)4-2-1-3-5-12/h6,18H,1-5,7-8,14H2,(H,15,16,17). The number of aromatic nitrogens is 2. The predicted octanol–water partition coefficient (Wildman–Crippen LogP) is 2.07. The Morgan fingerprint density at radius 1 is 1.39 bits per heavy atom. The van der Waals surface area contributed by atoms with Gasteiger partial charge in [0.2, 0.25) is 5.28 Å². The zero-order valence-electron chi connectivity index (χ0n) is 10.3. The van der Waals surface area contributed by atoms with Gasteiger partial charge in [-0.1, -0.05) is 19.3 Å². The smallest absolute Gasteiger partial charge is 0.224 e. The molecule has 1 aromatic rings. The third-order valence-corrected chi connectivity index (χ3v) is 3.85.